The van der Waals surface area contributed by atoms with Gasteiger partial charge in [-0.3, -0.25) is 14.8 Å². The Morgan fingerprint density at radius 3 is 2.90 bits per heavy atom. The van der Waals surface area contributed by atoms with Gasteiger partial charge in [-0.15, -0.1) is 0 Å². The SMILES string of the molecule is COc1ccc(Cl)c2sc(NC(=O)c3ccn(C)n3)nc12. The lowest BCUT2D eigenvalue weighted by Gasteiger charge is -2.00. The van der Waals surface area contributed by atoms with Gasteiger partial charge in [-0.25, -0.2) is 4.98 Å². The van der Waals surface area contributed by atoms with E-state index in [2.05, 4.69) is 15.4 Å². The van der Waals surface area contributed by atoms with Gasteiger partial charge in [-0.05, 0) is 18.2 Å². The van der Waals surface area contributed by atoms with E-state index >= 15 is 0 Å². The average molecular weight is 323 g/mol. The summed E-state index contributed by atoms with van der Waals surface area (Å²) in [5.74, 6) is 0.300. The number of carbonyl (C=O) groups is 1. The molecule has 1 aromatic carbocycles. The maximum absolute atomic E-state index is 12.1. The van der Waals surface area contributed by atoms with Crippen LogP contribution in [0.1, 0.15) is 10.5 Å². The second-order valence-corrected chi connectivity index (χ2v) is 5.68. The number of aryl methyl sites for hydroxylation is 1. The van der Waals surface area contributed by atoms with E-state index in [1.54, 1.807) is 43.2 Å². The maximum Gasteiger partial charge on any atom is 0.277 e. The van der Waals surface area contributed by atoms with Crippen molar-refractivity contribution in [3.63, 3.8) is 0 Å². The van der Waals surface area contributed by atoms with Gasteiger partial charge in [-0.2, -0.15) is 5.10 Å². The molecule has 1 amide bonds. The largest absolute Gasteiger partial charge is 0.494 e. The van der Waals surface area contributed by atoms with Crippen molar-refractivity contribution in [1.82, 2.24) is 14.8 Å². The molecule has 0 saturated heterocycles. The standard InChI is InChI=1S/C13H11ClN4O2S/c1-18-6-5-8(17-18)12(19)16-13-15-10-9(20-2)4-3-7(14)11(10)21-13/h3-6H,1-2H3,(H,15,16,19). The highest BCUT2D eigenvalue weighted by Crippen LogP contribution is 2.37. The number of halogens is 1. The van der Waals surface area contributed by atoms with Crippen LogP contribution in [-0.4, -0.2) is 27.8 Å². The fourth-order valence-electron chi connectivity index (χ4n) is 1.87. The van der Waals surface area contributed by atoms with Gasteiger partial charge < -0.3 is 4.74 Å². The zero-order valence-corrected chi connectivity index (χ0v) is 12.8. The predicted molar refractivity (Wildman–Crippen MR) is 82.3 cm³/mol. The lowest BCUT2D eigenvalue weighted by Crippen LogP contribution is -2.12. The van der Waals surface area contributed by atoms with E-state index in [4.69, 9.17) is 16.3 Å². The van der Waals surface area contributed by atoms with Crippen LogP contribution in [0.5, 0.6) is 5.75 Å². The molecule has 8 heteroatoms. The predicted octanol–water partition coefficient (Wildman–Crippen LogP) is 2.94. The number of hydrogen-bond acceptors (Lipinski definition) is 5. The van der Waals surface area contributed by atoms with Crippen molar-refractivity contribution < 1.29 is 9.53 Å². The maximum atomic E-state index is 12.1. The summed E-state index contributed by atoms with van der Waals surface area (Å²) in [4.78, 5) is 16.4. The number of anilines is 1. The highest BCUT2D eigenvalue weighted by Gasteiger charge is 2.15. The molecule has 0 aliphatic carbocycles. The topological polar surface area (TPSA) is 69.0 Å². The molecule has 0 aliphatic heterocycles. The molecule has 0 atom stereocenters. The first-order valence-electron chi connectivity index (χ1n) is 6.02. The van der Waals surface area contributed by atoms with Crippen LogP contribution in [0.4, 0.5) is 5.13 Å². The van der Waals surface area contributed by atoms with Gasteiger partial charge >= 0.3 is 0 Å². The molecule has 0 bridgehead atoms. The van der Waals surface area contributed by atoms with Crippen molar-refractivity contribution in [2.45, 2.75) is 0 Å². The second kappa shape index (κ2) is 5.34. The Labute approximate surface area is 129 Å². The van der Waals surface area contributed by atoms with Gasteiger partial charge in [0.05, 0.1) is 16.8 Å². The highest BCUT2D eigenvalue weighted by atomic mass is 35.5. The van der Waals surface area contributed by atoms with Crippen molar-refractivity contribution in [1.29, 1.82) is 0 Å². The van der Waals surface area contributed by atoms with Gasteiger partial charge in [0.25, 0.3) is 5.91 Å². The molecule has 2 aromatic heterocycles. The Morgan fingerprint density at radius 1 is 1.43 bits per heavy atom. The van der Waals surface area contributed by atoms with Crippen LogP contribution in [0.3, 0.4) is 0 Å². The third-order valence-corrected chi connectivity index (χ3v) is 4.28. The number of fused-ring (bicyclic) bond motifs is 1. The summed E-state index contributed by atoms with van der Waals surface area (Å²) in [5.41, 5.74) is 0.959. The Morgan fingerprint density at radius 2 is 2.24 bits per heavy atom. The monoisotopic (exact) mass is 322 g/mol. The first-order chi connectivity index (χ1) is 10.1. The summed E-state index contributed by atoms with van der Waals surface area (Å²) < 4.78 is 7.58. The van der Waals surface area contributed by atoms with E-state index in [9.17, 15) is 4.79 Å². The molecule has 0 aliphatic rings. The summed E-state index contributed by atoms with van der Waals surface area (Å²) in [6, 6.07) is 5.12. The molecule has 0 unspecified atom stereocenters. The molecule has 3 aromatic rings. The van der Waals surface area contributed by atoms with Crippen molar-refractivity contribution >= 4 is 44.2 Å². The third-order valence-electron chi connectivity index (χ3n) is 2.85. The van der Waals surface area contributed by atoms with Gasteiger partial charge in [0, 0.05) is 13.2 Å². The third kappa shape index (κ3) is 2.57. The molecule has 1 N–H and O–H groups in total. The fraction of sp³-hybridized carbons (Fsp3) is 0.154. The van der Waals surface area contributed by atoms with Crippen LogP contribution in [0.2, 0.25) is 5.02 Å². The molecular weight excluding hydrogens is 312 g/mol. The normalized spacial score (nSPS) is 10.8. The van der Waals surface area contributed by atoms with E-state index in [0.717, 1.165) is 4.70 Å². The summed E-state index contributed by atoms with van der Waals surface area (Å²) in [7, 11) is 3.31. The summed E-state index contributed by atoms with van der Waals surface area (Å²) in [6.45, 7) is 0. The number of carbonyl (C=O) groups excluding carboxylic acids is 1. The van der Waals surface area contributed by atoms with Crippen LogP contribution < -0.4 is 10.1 Å². The first-order valence-corrected chi connectivity index (χ1v) is 7.22. The molecule has 0 fully saturated rings. The number of aromatic nitrogens is 3. The number of methoxy groups -OCH3 is 1. The lowest BCUT2D eigenvalue weighted by atomic mass is 10.3. The number of ether oxygens (including phenoxy) is 1. The minimum Gasteiger partial charge on any atom is -0.494 e. The van der Waals surface area contributed by atoms with Crippen LogP contribution in [0, 0.1) is 0 Å². The molecule has 6 nitrogen and oxygen atoms in total. The molecule has 108 valence electrons. The van der Waals surface area contributed by atoms with E-state index in [1.165, 1.54) is 11.3 Å². The summed E-state index contributed by atoms with van der Waals surface area (Å²) in [6.07, 6.45) is 1.70. The zero-order chi connectivity index (χ0) is 15.0. The van der Waals surface area contributed by atoms with Crippen molar-refractivity contribution in [3.8, 4) is 5.75 Å². The Balaban J connectivity index is 1.94. The summed E-state index contributed by atoms with van der Waals surface area (Å²) in [5, 5.41) is 7.78. The van der Waals surface area contributed by atoms with E-state index in [0.29, 0.717) is 27.1 Å². The van der Waals surface area contributed by atoms with Gasteiger partial charge in [-0.1, -0.05) is 22.9 Å². The number of rotatable bonds is 3. The molecule has 21 heavy (non-hydrogen) atoms. The summed E-state index contributed by atoms with van der Waals surface area (Å²) >= 11 is 7.44. The molecule has 0 radical (unpaired) electrons. The number of hydrogen-bond donors (Lipinski definition) is 1. The first kappa shape index (κ1) is 13.8. The number of amides is 1. The minimum atomic E-state index is -0.315. The number of thiazole rings is 1. The highest BCUT2D eigenvalue weighted by molar-refractivity contribution is 7.23. The molecule has 3 rings (SSSR count). The van der Waals surface area contributed by atoms with E-state index < -0.39 is 0 Å². The quantitative estimate of drug-likeness (QED) is 0.805. The van der Waals surface area contributed by atoms with Crippen LogP contribution in [0.25, 0.3) is 10.2 Å². The minimum absolute atomic E-state index is 0.315. The van der Waals surface area contributed by atoms with Crippen LogP contribution in [-0.2, 0) is 7.05 Å². The van der Waals surface area contributed by atoms with Gasteiger partial charge in [0.2, 0.25) is 0 Å². The Hall–Kier alpha value is -2.12. The number of nitrogens with one attached hydrogen (secondary N) is 1. The van der Waals surface area contributed by atoms with E-state index in [1.807, 2.05) is 0 Å². The fourth-order valence-corrected chi connectivity index (χ4v) is 3.02. The molecule has 0 saturated carbocycles. The van der Waals surface area contributed by atoms with Crippen molar-refractivity contribution in [2.24, 2.45) is 7.05 Å². The van der Waals surface area contributed by atoms with Crippen LogP contribution in [0.15, 0.2) is 24.4 Å². The Bertz CT molecular complexity index is 827. The van der Waals surface area contributed by atoms with Crippen molar-refractivity contribution in [2.75, 3.05) is 12.4 Å². The number of nitrogens with zero attached hydrogens (tertiary/aromatic N) is 3. The van der Waals surface area contributed by atoms with E-state index in [-0.39, 0.29) is 5.91 Å². The van der Waals surface area contributed by atoms with Crippen LogP contribution >= 0.6 is 22.9 Å². The second-order valence-electron chi connectivity index (χ2n) is 4.28. The van der Waals surface area contributed by atoms with Crippen molar-refractivity contribution in [3.05, 3.63) is 35.1 Å². The number of benzene rings is 1. The smallest absolute Gasteiger partial charge is 0.277 e. The average Bonchev–Trinajstić information content (AvgIpc) is 3.06. The zero-order valence-electron chi connectivity index (χ0n) is 11.3. The molecule has 0 spiro atoms. The van der Waals surface area contributed by atoms with Gasteiger partial charge in [0.1, 0.15) is 11.3 Å². The van der Waals surface area contributed by atoms with Gasteiger partial charge in [0.15, 0.2) is 10.8 Å². The lowest BCUT2D eigenvalue weighted by molar-refractivity contribution is 0.102. The Kier molecular flexibility index (Phi) is 3.52. The molecular formula is C13H11ClN4O2S. The molecule has 2 heterocycles.